The minimum Gasteiger partial charge on any atom is -0.493 e. The number of thiazole rings is 1. The van der Waals surface area contributed by atoms with Crippen LogP contribution in [0, 0.1) is 13.8 Å². The van der Waals surface area contributed by atoms with E-state index in [1.54, 1.807) is 23.0 Å². The molecule has 2 aromatic heterocycles. The molecular formula is C18H22N4O3S. The van der Waals surface area contributed by atoms with Gasteiger partial charge in [0.2, 0.25) is 16.8 Å². The first kappa shape index (κ1) is 18.2. The number of anilines is 1. The summed E-state index contributed by atoms with van der Waals surface area (Å²) in [5.74, 6) is 1.60. The van der Waals surface area contributed by atoms with Gasteiger partial charge in [-0.1, -0.05) is 17.4 Å². The van der Waals surface area contributed by atoms with Crippen LogP contribution in [0.1, 0.15) is 29.5 Å². The minimum atomic E-state index is -0.120. The molecule has 0 aliphatic rings. The fraction of sp³-hybridized carbons (Fsp3) is 0.389. The standard InChI is InChI=1S/C18H22N4O3S/c1-5-25-14-8-6-13(10-15(14)24-4)7-9-16(23)19-17-20-18-22(21-17)11(2)12(3)26-18/h6,8,10H,5,7,9H2,1-4H3,(H,19,21,23). The molecule has 0 aliphatic carbocycles. The quantitative estimate of drug-likeness (QED) is 0.686. The first-order chi connectivity index (χ1) is 12.5. The molecule has 3 rings (SSSR count). The van der Waals surface area contributed by atoms with Crippen LogP contribution in [-0.4, -0.2) is 34.2 Å². The molecule has 3 aromatic rings. The van der Waals surface area contributed by atoms with E-state index >= 15 is 0 Å². The second kappa shape index (κ2) is 7.74. The Morgan fingerprint density at radius 1 is 1.31 bits per heavy atom. The van der Waals surface area contributed by atoms with Crippen molar-refractivity contribution >= 4 is 28.2 Å². The Morgan fingerprint density at radius 3 is 2.81 bits per heavy atom. The number of methoxy groups -OCH3 is 1. The molecule has 0 spiro atoms. The van der Waals surface area contributed by atoms with Gasteiger partial charge in [-0.05, 0) is 44.9 Å². The van der Waals surface area contributed by atoms with E-state index in [0.29, 0.717) is 36.9 Å². The maximum absolute atomic E-state index is 12.2. The molecule has 0 bridgehead atoms. The molecule has 0 aliphatic heterocycles. The Balaban J connectivity index is 1.61. The predicted octanol–water partition coefficient (Wildman–Crippen LogP) is 3.39. The van der Waals surface area contributed by atoms with E-state index in [4.69, 9.17) is 9.47 Å². The van der Waals surface area contributed by atoms with Gasteiger partial charge >= 0.3 is 0 Å². The number of carbonyl (C=O) groups excluding carboxylic acids is 1. The summed E-state index contributed by atoms with van der Waals surface area (Å²) in [7, 11) is 1.61. The number of aryl methyl sites for hydroxylation is 3. The average Bonchev–Trinajstić information content (AvgIpc) is 3.12. The van der Waals surface area contributed by atoms with Gasteiger partial charge in [0.05, 0.1) is 19.4 Å². The number of carbonyl (C=O) groups is 1. The lowest BCUT2D eigenvalue weighted by atomic mass is 10.1. The Morgan fingerprint density at radius 2 is 2.12 bits per heavy atom. The fourth-order valence-electron chi connectivity index (χ4n) is 2.58. The number of nitrogens with one attached hydrogen (secondary N) is 1. The Hall–Kier alpha value is -2.61. The number of hydrogen-bond acceptors (Lipinski definition) is 6. The topological polar surface area (TPSA) is 77.8 Å². The van der Waals surface area contributed by atoms with Crippen LogP contribution in [-0.2, 0) is 11.2 Å². The van der Waals surface area contributed by atoms with Crippen molar-refractivity contribution in [3.05, 3.63) is 34.3 Å². The van der Waals surface area contributed by atoms with Crippen molar-refractivity contribution in [2.75, 3.05) is 19.0 Å². The number of hydrogen-bond donors (Lipinski definition) is 1. The zero-order chi connectivity index (χ0) is 18.7. The highest BCUT2D eigenvalue weighted by atomic mass is 32.1. The third-order valence-corrected chi connectivity index (χ3v) is 5.12. The summed E-state index contributed by atoms with van der Waals surface area (Å²) in [6, 6.07) is 5.71. The van der Waals surface area contributed by atoms with Gasteiger partial charge in [0.15, 0.2) is 11.5 Å². The number of ether oxygens (including phenoxy) is 2. The SMILES string of the molecule is CCOc1ccc(CCC(=O)Nc2nc3sc(C)c(C)n3n2)cc1OC. The molecule has 2 heterocycles. The van der Waals surface area contributed by atoms with Gasteiger partial charge in [0.25, 0.3) is 0 Å². The van der Waals surface area contributed by atoms with Gasteiger partial charge in [-0.25, -0.2) is 4.52 Å². The van der Waals surface area contributed by atoms with E-state index in [0.717, 1.165) is 16.2 Å². The second-order valence-corrected chi connectivity index (χ2v) is 7.02. The maximum Gasteiger partial charge on any atom is 0.250 e. The lowest BCUT2D eigenvalue weighted by Crippen LogP contribution is -2.13. The molecule has 7 nitrogen and oxygen atoms in total. The van der Waals surface area contributed by atoms with Gasteiger partial charge in [-0.2, -0.15) is 4.98 Å². The van der Waals surface area contributed by atoms with E-state index in [2.05, 4.69) is 15.4 Å². The monoisotopic (exact) mass is 374 g/mol. The average molecular weight is 374 g/mol. The van der Waals surface area contributed by atoms with E-state index in [-0.39, 0.29) is 5.91 Å². The first-order valence-electron chi connectivity index (χ1n) is 8.44. The van der Waals surface area contributed by atoms with Gasteiger partial charge in [0, 0.05) is 11.3 Å². The molecule has 0 saturated heterocycles. The molecular weight excluding hydrogens is 352 g/mol. The molecule has 8 heteroatoms. The summed E-state index contributed by atoms with van der Waals surface area (Å²) < 4.78 is 12.6. The van der Waals surface area contributed by atoms with E-state index in [1.165, 1.54) is 4.88 Å². The second-order valence-electron chi connectivity index (χ2n) is 5.84. The van der Waals surface area contributed by atoms with Crippen LogP contribution in [0.3, 0.4) is 0 Å². The third kappa shape index (κ3) is 3.80. The number of aromatic nitrogens is 3. The fourth-order valence-corrected chi connectivity index (χ4v) is 3.49. The number of benzene rings is 1. The summed E-state index contributed by atoms with van der Waals surface area (Å²) in [5, 5.41) is 7.10. The molecule has 0 fully saturated rings. The summed E-state index contributed by atoms with van der Waals surface area (Å²) in [6.07, 6.45) is 0.928. The molecule has 1 N–H and O–H groups in total. The summed E-state index contributed by atoms with van der Waals surface area (Å²) >= 11 is 1.56. The van der Waals surface area contributed by atoms with Crippen molar-refractivity contribution in [2.24, 2.45) is 0 Å². The van der Waals surface area contributed by atoms with E-state index in [9.17, 15) is 4.79 Å². The highest BCUT2D eigenvalue weighted by Gasteiger charge is 2.13. The minimum absolute atomic E-state index is 0.120. The van der Waals surface area contributed by atoms with Crippen molar-refractivity contribution < 1.29 is 14.3 Å². The van der Waals surface area contributed by atoms with Crippen molar-refractivity contribution in [2.45, 2.75) is 33.6 Å². The number of amides is 1. The number of nitrogens with zero attached hydrogens (tertiary/aromatic N) is 3. The van der Waals surface area contributed by atoms with Crippen molar-refractivity contribution in [1.29, 1.82) is 0 Å². The number of fused-ring (bicyclic) bond motifs is 1. The lowest BCUT2D eigenvalue weighted by molar-refractivity contribution is -0.116. The van der Waals surface area contributed by atoms with E-state index in [1.807, 2.05) is 39.0 Å². The van der Waals surface area contributed by atoms with Crippen LogP contribution < -0.4 is 14.8 Å². The smallest absolute Gasteiger partial charge is 0.250 e. The van der Waals surface area contributed by atoms with Crippen LogP contribution in [0.15, 0.2) is 18.2 Å². The Labute approximate surface area is 156 Å². The predicted molar refractivity (Wildman–Crippen MR) is 101 cm³/mol. The third-order valence-electron chi connectivity index (χ3n) is 4.07. The van der Waals surface area contributed by atoms with E-state index < -0.39 is 0 Å². The molecule has 0 saturated carbocycles. The summed E-state index contributed by atoms with van der Waals surface area (Å²) in [4.78, 5) is 18.5. The summed E-state index contributed by atoms with van der Waals surface area (Å²) in [6.45, 7) is 6.51. The van der Waals surface area contributed by atoms with Gasteiger partial charge in [0.1, 0.15) is 0 Å². The largest absolute Gasteiger partial charge is 0.493 e. The molecule has 1 aromatic carbocycles. The molecule has 0 radical (unpaired) electrons. The van der Waals surface area contributed by atoms with Crippen molar-refractivity contribution in [1.82, 2.24) is 14.6 Å². The molecule has 0 atom stereocenters. The van der Waals surface area contributed by atoms with Crippen molar-refractivity contribution in [3.8, 4) is 11.5 Å². The normalized spacial score (nSPS) is 10.9. The Kier molecular flexibility index (Phi) is 5.41. The first-order valence-corrected chi connectivity index (χ1v) is 9.25. The molecule has 138 valence electrons. The zero-order valence-electron chi connectivity index (χ0n) is 15.3. The zero-order valence-corrected chi connectivity index (χ0v) is 16.1. The summed E-state index contributed by atoms with van der Waals surface area (Å²) in [5.41, 5.74) is 2.05. The molecule has 0 unspecified atom stereocenters. The Bertz CT molecular complexity index is 932. The maximum atomic E-state index is 12.2. The highest BCUT2D eigenvalue weighted by molar-refractivity contribution is 7.17. The van der Waals surface area contributed by atoms with Gasteiger partial charge in [-0.15, -0.1) is 5.10 Å². The van der Waals surface area contributed by atoms with Gasteiger partial charge in [-0.3, -0.25) is 10.1 Å². The highest BCUT2D eigenvalue weighted by Crippen LogP contribution is 2.28. The van der Waals surface area contributed by atoms with Crippen LogP contribution in [0.2, 0.25) is 0 Å². The van der Waals surface area contributed by atoms with Crippen LogP contribution in [0.4, 0.5) is 5.95 Å². The van der Waals surface area contributed by atoms with Gasteiger partial charge < -0.3 is 9.47 Å². The van der Waals surface area contributed by atoms with Crippen LogP contribution in [0.25, 0.3) is 4.96 Å². The molecule has 1 amide bonds. The van der Waals surface area contributed by atoms with Crippen LogP contribution >= 0.6 is 11.3 Å². The lowest BCUT2D eigenvalue weighted by Gasteiger charge is -2.10. The van der Waals surface area contributed by atoms with Crippen molar-refractivity contribution in [3.63, 3.8) is 0 Å². The van der Waals surface area contributed by atoms with Crippen LogP contribution in [0.5, 0.6) is 11.5 Å². The number of rotatable bonds is 7. The molecule has 26 heavy (non-hydrogen) atoms.